The molecule has 2 saturated carbocycles. The van der Waals surface area contributed by atoms with E-state index in [9.17, 15) is 36.0 Å². The third-order valence-electron chi connectivity index (χ3n) is 10.0. The van der Waals surface area contributed by atoms with E-state index in [0.29, 0.717) is 54.4 Å². The van der Waals surface area contributed by atoms with E-state index in [2.05, 4.69) is 20.7 Å². The molecule has 14 nitrogen and oxygen atoms in total. The zero-order valence-electron chi connectivity index (χ0n) is 29.7. The van der Waals surface area contributed by atoms with Gasteiger partial charge in [0.05, 0.1) is 19.2 Å². The molecule has 1 aliphatic heterocycles. The summed E-state index contributed by atoms with van der Waals surface area (Å²) < 4.78 is 82.4. The van der Waals surface area contributed by atoms with Gasteiger partial charge in [0.25, 0.3) is 0 Å². The standard InChI is InChI=1S/C35H41F3N6O8S/c1-21-25(50-4)11-10-23-26(19-28(40-29(21)23)44-17-12-27(42-44)35(36,37)38)51-18-13-24-30(45)41-34(31(46)52-53(48,49)33(2)14-15-33)20-22(34)9-7-5-6-8-16-43(3)32(47)39-24/h7,9-12,17,19,22,24H,5-6,8,13-16,18,20H2,1-4H3,(H,39,47)(H,41,45)/b9-7-/t22-,24+,34-/m1/s1. The summed E-state index contributed by atoms with van der Waals surface area (Å²) in [4.78, 5) is 46.7. The molecule has 3 amide bonds. The monoisotopic (exact) mass is 762 g/mol. The molecular formula is C35H41F3N6O8S. The van der Waals surface area contributed by atoms with E-state index in [-0.39, 0.29) is 31.0 Å². The van der Waals surface area contributed by atoms with E-state index < -0.39 is 62.1 Å². The number of benzene rings is 1. The number of halogens is 3. The molecule has 286 valence electrons. The largest absolute Gasteiger partial charge is 0.496 e. The number of hydrogen-bond acceptors (Lipinski definition) is 10. The molecule has 0 unspecified atom stereocenters. The van der Waals surface area contributed by atoms with Crippen LogP contribution in [0.1, 0.15) is 63.1 Å². The summed E-state index contributed by atoms with van der Waals surface area (Å²) in [5, 5.41) is 9.54. The Kier molecular flexibility index (Phi) is 10.1. The van der Waals surface area contributed by atoms with Crippen molar-refractivity contribution in [1.29, 1.82) is 0 Å². The van der Waals surface area contributed by atoms with Crippen LogP contribution in [0, 0.1) is 12.8 Å². The van der Waals surface area contributed by atoms with Crippen molar-refractivity contribution in [2.24, 2.45) is 5.92 Å². The predicted octanol–water partition coefficient (Wildman–Crippen LogP) is 4.58. The molecule has 2 fully saturated rings. The SMILES string of the molecule is COc1ccc2c(OCC[C@@H]3NC(=O)N(C)CCCC/C=C\[C@@H]4C[C@@]4(C(=O)OS(=O)(=O)C4(C)CC4)NC3=O)cc(-n3ccc(C(F)(F)F)n3)nc2c1C. The molecule has 2 N–H and O–H groups in total. The molecule has 0 radical (unpaired) electrons. The molecule has 3 atom stereocenters. The van der Waals surface area contributed by atoms with Crippen LogP contribution in [0.4, 0.5) is 18.0 Å². The Morgan fingerprint density at radius 2 is 1.89 bits per heavy atom. The number of hydrogen-bond donors (Lipinski definition) is 2. The number of rotatable bonds is 9. The third-order valence-corrected chi connectivity index (χ3v) is 12.0. The van der Waals surface area contributed by atoms with Crippen molar-refractivity contribution >= 4 is 38.9 Å². The topological polar surface area (TPSA) is 171 Å². The van der Waals surface area contributed by atoms with Gasteiger partial charge in [-0.25, -0.2) is 19.3 Å². The summed E-state index contributed by atoms with van der Waals surface area (Å²) in [6.07, 6.45) is 2.86. The van der Waals surface area contributed by atoms with Crippen molar-refractivity contribution in [2.45, 2.75) is 81.3 Å². The maximum absolute atomic E-state index is 13.9. The van der Waals surface area contributed by atoms with Gasteiger partial charge in [-0.05, 0) is 70.6 Å². The lowest BCUT2D eigenvalue weighted by Gasteiger charge is -2.26. The van der Waals surface area contributed by atoms with Crippen LogP contribution >= 0.6 is 0 Å². The minimum absolute atomic E-state index is 0.0216. The summed E-state index contributed by atoms with van der Waals surface area (Å²) in [6, 6.07) is 3.79. The Morgan fingerprint density at radius 1 is 1.13 bits per heavy atom. The Labute approximate surface area is 304 Å². The first kappa shape index (κ1) is 37.9. The molecule has 2 aromatic heterocycles. The highest BCUT2D eigenvalue weighted by molar-refractivity contribution is 7.88. The minimum Gasteiger partial charge on any atom is -0.496 e. The molecule has 3 aromatic rings. The second-order valence-electron chi connectivity index (χ2n) is 13.9. The van der Waals surface area contributed by atoms with Gasteiger partial charge in [0, 0.05) is 49.1 Å². The zero-order chi connectivity index (χ0) is 38.3. The van der Waals surface area contributed by atoms with Crippen molar-refractivity contribution in [3.05, 3.63) is 53.9 Å². The summed E-state index contributed by atoms with van der Waals surface area (Å²) in [6.45, 7) is 3.45. The van der Waals surface area contributed by atoms with Crippen molar-refractivity contribution in [2.75, 3.05) is 27.3 Å². The van der Waals surface area contributed by atoms with Crippen molar-refractivity contribution < 1.29 is 49.6 Å². The Balaban J connectivity index is 1.28. The molecule has 1 aromatic carbocycles. The van der Waals surface area contributed by atoms with Gasteiger partial charge < -0.3 is 29.2 Å². The quantitative estimate of drug-likeness (QED) is 0.233. The van der Waals surface area contributed by atoms with Gasteiger partial charge >= 0.3 is 28.3 Å². The number of pyridine rings is 1. The van der Waals surface area contributed by atoms with Crippen molar-refractivity contribution in [3.8, 4) is 17.3 Å². The predicted molar refractivity (Wildman–Crippen MR) is 185 cm³/mol. The number of aryl methyl sites for hydroxylation is 1. The third kappa shape index (κ3) is 7.77. The Bertz CT molecular complexity index is 2070. The van der Waals surface area contributed by atoms with Gasteiger partial charge in [0.1, 0.15) is 27.8 Å². The lowest BCUT2D eigenvalue weighted by Crippen LogP contribution is -2.56. The summed E-state index contributed by atoms with van der Waals surface area (Å²) in [5.41, 5.74) is -1.81. The first-order valence-electron chi connectivity index (χ1n) is 17.2. The second kappa shape index (κ2) is 14.2. The number of nitrogens with one attached hydrogen (secondary N) is 2. The van der Waals surface area contributed by atoms with Gasteiger partial charge in [0.2, 0.25) is 5.91 Å². The highest BCUT2D eigenvalue weighted by Gasteiger charge is 2.64. The highest BCUT2D eigenvalue weighted by atomic mass is 32.2. The van der Waals surface area contributed by atoms with Crippen LogP contribution in [0.2, 0.25) is 0 Å². The second-order valence-corrected chi connectivity index (χ2v) is 16.0. The van der Waals surface area contributed by atoms with Crippen LogP contribution in [0.25, 0.3) is 16.7 Å². The average molecular weight is 763 g/mol. The summed E-state index contributed by atoms with van der Waals surface area (Å²) in [7, 11) is -1.20. The fourth-order valence-electron chi connectivity index (χ4n) is 6.17. The van der Waals surface area contributed by atoms with E-state index in [0.717, 1.165) is 23.4 Å². The smallest absolute Gasteiger partial charge is 0.435 e. The van der Waals surface area contributed by atoms with Crippen LogP contribution in [0.3, 0.4) is 0 Å². The number of fused-ring (bicyclic) bond motifs is 2. The number of methoxy groups -OCH3 is 1. The number of carbonyl (C=O) groups is 3. The number of urea groups is 1. The average Bonchev–Trinajstić information content (AvgIpc) is 3.96. The molecule has 2 aliphatic carbocycles. The molecular weight excluding hydrogens is 721 g/mol. The van der Waals surface area contributed by atoms with Gasteiger partial charge in [-0.1, -0.05) is 12.2 Å². The molecule has 53 heavy (non-hydrogen) atoms. The molecule has 3 heterocycles. The highest BCUT2D eigenvalue weighted by Crippen LogP contribution is 2.49. The fraction of sp³-hybridized carbons (Fsp3) is 0.514. The fourth-order valence-corrected chi connectivity index (χ4v) is 7.32. The number of allylic oxidation sites excluding steroid dienone is 1. The number of aromatic nitrogens is 3. The van der Waals surface area contributed by atoms with Crippen LogP contribution in [-0.2, 0) is 30.1 Å². The van der Waals surface area contributed by atoms with Gasteiger partial charge in [-0.15, -0.1) is 0 Å². The number of alkyl halides is 3. The molecule has 3 aliphatic rings. The first-order valence-corrected chi connectivity index (χ1v) is 18.6. The van der Waals surface area contributed by atoms with Crippen molar-refractivity contribution in [1.82, 2.24) is 30.3 Å². The van der Waals surface area contributed by atoms with E-state index in [1.165, 1.54) is 25.0 Å². The Morgan fingerprint density at radius 3 is 2.57 bits per heavy atom. The van der Waals surface area contributed by atoms with E-state index >= 15 is 0 Å². The maximum atomic E-state index is 13.9. The van der Waals surface area contributed by atoms with Gasteiger partial charge in [-0.3, -0.25) is 4.79 Å². The van der Waals surface area contributed by atoms with Crippen LogP contribution in [0.5, 0.6) is 11.5 Å². The van der Waals surface area contributed by atoms with Gasteiger partial charge in [0.15, 0.2) is 11.5 Å². The van der Waals surface area contributed by atoms with Crippen LogP contribution in [-0.4, -0.2) is 89.6 Å². The molecule has 0 bridgehead atoms. The van der Waals surface area contributed by atoms with Gasteiger partial charge in [-0.2, -0.15) is 26.7 Å². The summed E-state index contributed by atoms with van der Waals surface area (Å²) >= 11 is 0. The Hall–Kier alpha value is -4.87. The normalized spacial score (nSPS) is 23.9. The zero-order valence-corrected chi connectivity index (χ0v) is 30.5. The molecule has 0 spiro atoms. The molecule has 18 heteroatoms. The van der Waals surface area contributed by atoms with Crippen LogP contribution < -0.4 is 20.1 Å². The molecule has 6 rings (SSSR count). The maximum Gasteiger partial charge on any atom is 0.435 e. The number of ether oxygens (including phenoxy) is 2. The molecule has 0 saturated heterocycles. The first-order chi connectivity index (χ1) is 25.0. The lowest BCUT2D eigenvalue weighted by molar-refractivity contribution is -0.141. The van der Waals surface area contributed by atoms with E-state index in [4.69, 9.17) is 13.7 Å². The van der Waals surface area contributed by atoms with E-state index in [1.54, 1.807) is 32.2 Å². The number of amides is 3. The minimum atomic E-state index is -4.68. The lowest BCUT2D eigenvalue weighted by atomic mass is 10.1. The van der Waals surface area contributed by atoms with E-state index in [1.807, 2.05) is 6.08 Å². The van der Waals surface area contributed by atoms with Crippen LogP contribution in [0.15, 0.2) is 42.6 Å². The summed E-state index contributed by atoms with van der Waals surface area (Å²) in [5.74, 6) is -1.67. The number of carbonyl (C=O) groups excluding carboxylic acids is 3. The van der Waals surface area contributed by atoms with Crippen molar-refractivity contribution in [3.63, 3.8) is 0 Å². The number of nitrogens with zero attached hydrogens (tertiary/aromatic N) is 4.